The monoisotopic (exact) mass is 229 g/mol. The van der Waals surface area contributed by atoms with Gasteiger partial charge in [0.25, 0.3) is 0 Å². The molecule has 3 atom stereocenters. The molecule has 6 heteroatoms. The van der Waals surface area contributed by atoms with Crippen molar-refractivity contribution in [2.45, 2.75) is 39.0 Å². The van der Waals surface area contributed by atoms with Crippen LogP contribution in [-0.4, -0.2) is 28.5 Å². The van der Waals surface area contributed by atoms with Crippen molar-refractivity contribution in [3.63, 3.8) is 0 Å². The van der Waals surface area contributed by atoms with E-state index in [0.717, 1.165) is 0 Å². The fourth-order valence-corrected chi connectivity index (χ4v) is 1.38. The van der Waals surface area contributed by atoms with Gasteiger partial charge in [0.05, 0.1) is 6.10 Å². The third kappa shape index (κ3) is 2.78. The van der Waals surface area contributed by atoms with Crippen molar-refractivity contribution in [2.75, 3.05) is 7.11 Å². The van der Waals surface area contributed by atoms with E-state index in [9.17, 15) is 5.11 Å². The molecule has 0 aliphatic rings. The van der Waals surface area contributed by atoms with Crippen molar-refractivity contribution in [1.29, 1.82) is 0 Å². The predicted octanol–water partition coefficient (Wildman–Crippen LogP) is 0.794. The van der Waals surface area contributed by atoms with Crippen molar-refractivity contribution in [2.24, 2.45) is 11.7 Å². The Bertz CT molecular complexity index is 325. The average molecular weight is 229 g/mol. The van der Waals surface area contributed by atoms with E-state index in [1.165, 1.54) is 0 Å². The van der Waals surface area contributed by atoms with Crippen LogP contribution in [0.15, 0.2) is 4.52 Å². The predicted molar refractivity (Wildman–Crippen MR) is 57.5 cm³/mol. The highest BCUT2D eigenvalue weighted by atomic mass is 16.5. The van der Waals surface area contributed by atoms with Gasteiger partial charge in [-0.25, -0.2) is 0 Å². The van der Waals surface area contributed by atoms with Gasteiger partial charge in [0.1, 0.15) is 12.1 Å². The number of rotatable bonds is 5. The smallest absolute Gasteiger partial charge is 0.246 e. The molecule has 0 radical (unpaired) electrons. The van der Waals surface area contributed by atoms with Gasteiger partial charge in [-0.2, -0.15) is 4.98 Å². The molecule has 1 aromatic heterocycles. The summed E-state index contributed by atoms with van der Waals surface area (Å²) in [5.74, 6) is 0.925. The minimum Gasteiger partial charge on any atom is -0.391 e. The SMILES string of the molecule is COC(c1noc([C@@H](N)[C@@H](C)O)n1)C(C)C. The minimum absolute atomic E-state index is 0.223. The van der Waals surface area contributed by atoms with Crippen molar-refractivity contribution >= 4 is 0 Å². The van der Waals surface area contributed by atoms with Gasteiger partial charge in [-0.3, -0.25) is 0 Å². The molecule has 3 N–H and O–H groups in total. The van der Waals surface area contributed by atoms with E-state index >= 15 is 0 Å². The standard InChI is InChI=1S/C10H19N3O3/c1-5(2)8(15-4)9-12-10(16-13-9)7(11)6(3)14/h5-8,14H,11H2,1-4H3/t6-,7+,8?/m1/s1. The molecule has 6 nitrogen and oxygen atoms in total. The molecule has 0 spiro atoms. The summed E-state index contributed by atoms with van der Waals surface area (Å²) >= 11 is 0. The van der Waals surface area contributed by atoms with E-state index in [0.29, 0.717) is 5.82 Å². The lowest BCUT2D eigenvalue weighted by molar-refractivity contribution is 0.0555. The second-order valence-corrected chi connectivity index (χ2v) is 4.16. The van der Waals surface area contributed by atoms with Gasteiger partial charge in [0.2, 0.25) is 11.7 Å². The second-order valence-electron chi connectivity index (χ2n) is 4.16. The Morgan fingerprint density at radius 3 is 2.44 bits per heavy atom. The van der Waals surface area contributed by atoms with E-state index < -0.39 is 12.1 Å². The summed E-state index contributed by atoms with van der Waals surface area (Å²) in [5.41, 5.74) is 5.68. The van der Waals surface area contributed by atoms with Gasteiger partial charge in [0.15, 0.2) is 0 Å². The van der Waals surface area contributed by atoms with Gasteiger partial charge >= 0.3 is 0 Å². The number of nitrogens with zero attached hydrogens (tertiary/aromatic N) is 2. The van der Waals surface area contributed by atoms with Crippen LogP contribution in [-0.2, 0) is 4.74 Å². The van der Waals surface area contributed by atoms with Crippen LogP contribution in [0.25, 0.3) is 0 Å². The van der Waals surface area contributed by atoms with Crippen LogP contribution in [0.4, 0.5) is 0 Å². The first-order valence-electron chi connectivity index (χ1n) is 5.27. The molecule has 16 heavy (non-hydrogen) atoms. The first-order valence-corrected chi connectivity index (χ1v) is 5.27. The van der Waals surface area contributed by atoms with E-state index in [4.69, 9.17) is 15.0 Å². The third-order valence-corrected chi connectivity index (χ3v) is 2.38. The van der Waals surface area contributed by atoms with E-state index in [2.05, 4.69) is 10.1 Å². The maximum Gasteiger partial charge on any atom is 0.246 e. The second kappa shape index (κ2) is 5.38. The highest BCUT2D eigenvalue weighted by Crippen LogP contribution is 2.23. The molecule has 1 unspecified atom stereocenters. The third-order valence-electron chi connectivity index (χ3n) is 2.38. The molecule has 0 saturated carbocycles. The Kier molecular flexibility index (Phi) is 4.40. The van der Waals surface area contributed by atoms with Crippen LogP contribution in [0.1, 0.15) is 44.6 Å². The summed E-state index contributed by atoms with van der Waals surface area (Å²) in [7, 11) is 1.59. The van der Waals surface area contributed by atoms with Crippen LogP contribution >= 0.6 is 0 Å². The van der Waals surface area contributed by atoms with Gasteiger partial charge in [-0.1, -0.05) is 19.0 Å². The molecule has 1 aromatic rings. The fourth-order valence-electron chi connectivity index (χ4n) is 1.38. The number of ether oxygens (including phenoxy) is 1. The molecule has 0 aromatic carbocycles. The summed E-state index contributed by atoms with van der Waals surface area (Å²) < 4.78 is 10.3. The number of nitrogens with two attached hydrogens (primary N) is 1. The van der Waals surface area contributed by atoms with E-state index in [1.807, 2.05) is 13.8 Å². The molecule has 0 saturated heterocycles. The molecule has 0 bridgehead atoms. The largest absolute Gasteiger partial charge is 0.391 e. The van der Waals surface area contributed by atoms with Crippen LogP contribution in [0, 0.1) is 5.92 Å². The maximum atomic E-state index is 9.30. The molecular formula is C10H19N3O3. The number of aliphatic hydroxyl groups is 1. The van der Waals surface area contributed by atoms with Crippen molar-refractivity contribution < 1.29 is 14.4 Å². The van der Waals surface area contributed by atoms with Gasteiger partial charge in [0, 0.05) is 7.11 Å². The summed E-state index contributed by atoms with van der Waals surface area (Å²) in [5, 5.41) is 13.1. The van der Waals surface area contributed by atoms with Crippen LogP contribution in [0.3, 0.4) is 0 Å². The zero-order chi connectivity index (χ0) is 12.3. The van der Waals surface area contributed by atoms with E-state index in [-0.39, 0.29) is 17.9 Å². The summed E-state index contributed by atoms with van der Waals surface area (Å²) in [6, 6.07) is -0.661. The Balaban J connectivity index is 2.85. The van der Waals surface area contributed by atoms with Crippen LogP contribution < -0.4 is 5.73 Å². The molecule has 0 aliphatic heterocycles. The van der Waals surface area contributed by atoms with Crippen molar-refractivity contribution in [3.05, 3.63) is 11.7 Å². The highest BCUT2D eigenvalue weighted by Gasteiger charge is 2.25. The molecule has 92 valence electrons. The highest BCUT2D eigenvalue weighted by molar-refractivity contribution is 4.97. The quantitative estimate of drug-likeness (QED) is 0.775. The summed E-state index contributed by atoms with van der Waals surface area (Å²) in [6.07, 6.45) is -0.952. The number of aromatic nitrogens is 2. The lowest BCUT2D eigenvalue weighted by atomic mass is 10.1. The molecule has 1 rings (SSSR count). The average Bonchev–Trinajstić information content (AvgIpc) is 2.66. The maximum absolute atomic E-state index is 9.30. The van der Waals surface area contributed by atoms with E-state index in [1.54, 1.807) is 14.0 Å². The normalized spacial score (nSPS) is 17.4. The molecule has 1 heterocycles. The van der Waals surface area contributed by atoms with Crippen molar-refractivity contribution in [3.8, 4) is 0 Å². The van der Waals surface area contributed by atoms with Crippen LogP contribution in [0.2, 0.25) is 0 Å². The fraction of sp³-hybridized carbons (Fsp3) is 0.800. The Hall–Kier alpha value is -0.980. The number of aliphatic hydroxyl groups excluding tert-OH is 1. The zero-order valence-corrected chi connectivity index (χ0v) is 10.0. The number of methoxy groups -OCH3 is 1. The zero-order valence-electron chi connectivity index (χ0n) is 10.0. The first kappa shape index (κ1) is 13.1. The molecule has 0 aliphatic carbocycles. The molecular weight excluding hydrogens is 210 g/mol. The number of hydrogen-bond acceptors (Lipinski definition) is 6. The summed E-state index contributed by atoms with van der Waals surface area (Å²) in [4.78, 5) is 4.14. The Morgan fingerprint density at radius 1 is 1.38 bits per heavy atom. The minimum atomic E-state index is -0.728. The molecule has 0 fully saturated rings. The van der Waals surface area contributed by atoms with Crippen molar-refractivity contribution in [1.82, 2.24) is 10.1 Å². The number of hydrogen-bond donors (Lipinski definition) is 2. The van der Waals surface area contributed by atoms with Crippen LogP contribution in [0.5, 0.6) is 0 Å². The lowest BCUT2D eigenvalue weighted by Gasteiger charge is -2.14. The topological polar surface area (TPSA) is 94.4 Å². The van der Waals surface area contributed by atoms with Gasteiger partial charge in [-0.15, -0.1) is 0 Å². The van der Waals surface area contributed by atoms with Gasteiger partial charge < -0.3 is 20.1 Å². The summed E-state index contributed by atoms with van der Waals surface area (Å²) in [6.45, 7) is 5.57. The Morgan fingerprint density at radius 2 is 2.00 bits per heavy atom. The molecule has 0 amide bonds. The lowest BCUT2D eigenvalue weighted by Crippen LogP contribution is -2.23. The Labute approximate surface area is 94.8 Å². The van der Waals surface area contributed by atoms with Gasteiger partial charge in [-0.05, 0) is 12.8 Å². The first-order chi connectivity index (χ1) is 7.47.